The Balaban J connectivity index is 2.04. The van der Waals surface area contributed by atoms with E-state index in [0.717, 1.165) is 25.3 Å². The maximum Gasteiger partial charge on any atom is 0.339 e. The summed E-state index contributed by atoms with van der Waals surface area (Å²) in [7, 11) is 1.67. The molecule has 0 radical (unpaired) electrons. The molecular formula is C13H21N3O3. The number of anilines is 1. The Morgan fingerprint density at radius 1 is 1.63 bits per heavy atom. The molecule has 1 aliphatic rings. The number of piperidine rings is 1. The number of hydrogen-bond donors (Lipinski definition) is 2. The highest BCUT2D eigenvalue weighted by molar-refractivity contribution is 5.90. The molecule has 0 aliphatic carbocycles. The van der Waals surface area contributed by atoms with E-state index in [1.54, 1.807) is 20.2 Å². The largest absolute Gasteiger partial charge is 0.462 e. The topological polar surface area (TPSA) is 80.6 Å². The molecular weight excluding hydrogens is 246 g/mol. The van der Waals surface area contributed by atoms with Crippen molar-refractivity contribution < 1.29 is 14.3 Å². The van der Waals surface area contributed by atoms with Crippen molar-refractivity contribution in [3.05, 3.63) is 17.8 Å². The van der Waals surface area contributed by atoms with Crippen molar-refractivity contribution in [3.8, 4) is 0 Å². The predicted octanol–water partition coefficient (Wildman–Crippen LogP) is 0.744. The van der Waals surface area contributed by atoms with Crippen molar-refractivity contribution >= 4 is 11.8 Å². The van der Waals surface area contributed by atoms with E-state index in [-0.39, 0.29) is 18.1 Å². The van der Waals surface area contributed by atoms with E-state index < -0.39 is 0 Å². The molecule has 0 saturated carbocycles. The van der Waals surface area contributed by atoms with Gasteiger partial charge in [-0.05, 0) is 19.4 Å². The summed E-state index contributed by atoms with van der Waals surface area (Å²) in [5.41, 5.74) is 6.53. The standard InChI is InChI=1S/C13H21N3O3/c1-3-19-13(17)9-6-12(15-7-9)16-5-4-10(14)11(8-16)18-2/h6-7,10-11,15H,3-5,8,14H2,1-2H3. The third-order valence-electron chi connectivity index (χ3n) is 3.43. The first-order chi connectivity index (χ1) is 9.15. The predicted molar refractivity (Wildman–Crippen MR) is 72.4 cm³/mol. The highest BCUT2D eigenvalue weighted by atomic mass is 16.5. The molecule has 2 unspecified atom stereocenters. The van der Waals surface area contributed by atoms with Crippen LogP contribution < -0.4 is 10.6 Å². The maximum atomic E-state index is 11.6. The fourth-order valence-corrected chi connectivity index (χ4v) is 2.30. The highest BCUT2D eigenvalue weighted by Gasteiger charge is 2.27. The van der Waals surface area contributed by atoms with Crippen molar-refractivity contribution in [2.45, 2.75) is 25.5 Å². The van der Waals surface area contributed by atoms with Gasteiger partial charge in [-0.1, -0.05) is 0 Å². The van der Waals surface area contributed by atoms with Crippen molar-refractivity contribution in [3.63, 3.8) is 0 Å². The molecule has 0 amide bonds. The van der Waals surface area contributed by atoms with Crippen molar-refractivity contribution in [1.82, 2.24) is 4.98 Å². The van der Waals surface area contributed by atoms with Crippen molar-refractivity contribution in [1.29, 1.82) is 0 Å². The second-order valence-corrected chi connectivity index (χ2v) is 4.67. The molecule has 2 heterocycles. The summed E-state index contributed by atoms with van der Waals surface area (Å²) in [6, 6.07) is 1.88. The number of hydrogen-bond acceptors (Lipinski definition) is 5. The summed E-state index contributed by atoms with van der Waals surface area (Å²) < 4.78 is 10.3. The number of nitrogens with two attached hydrogens (primary N) is 1. The molecule has 2 rings (SSSR count). The van der Waals surface area contributed by atoms with Gasteiger partial charge in [0.25, 0.3) is 0 Å². The lowest BCUT2D eigenvalue weighted by Gasteiger charge is -2.36. The zero-order valence-electron chi connectivity index (χ0n) is 11.4. The van der Waals surface area contributed by atoms with Gasteiger partial charge in [0, 0.05) is 32.4 Å². The SMILES string of the molecule is CCOC(=O)c1c[nH]c(N2CCC(N)C(OC)C2)c1. The Hall–Kier alpha value is -1.53. The molecule has 1 aromatic heterocycles. The van der Waals surface area contributed by atoms with Gasteiger partial charge in [-0.3, -0.25) is 0 Å². The Kier molecular flexibility index (Phi) is 4.44. The van der Waals surface area contributed by atoms with Crippen LogP contribution in [0.1, 0.15) is 23.7 Å². The van der Waals surface area contributed by atoms with Crippen LogP contribution in [-0.2, 0) is 9.47 Å². The van der Waals surface area contributed by atoms with Crippen LogP contribution in [0.5, 0.6) is 0 Å². The lowest BCUT2D eigenvalue weighted by molar-refractivity contribution is 0.0526. The minimum absolute atomic E-state index is 0.0168. The molecule has 6 nitrogen and oxygen atoms in total. The number of carbonyl (C=O) groups excluding carboxylic acids is 1. The van der Waals surface area contributed by atoms with Crippen LogP contribution >= 0.6 is 0 Å². The average Bonchev–Trinajstić information content (AvgIpc) is 2.89. The van der Waals surface area contributed by atoms with Gasteiger partial charge in [-0.2, -0.15) is 0 Å². The smallest absolute Gasteiger partial charge is 0.339 e. The first-order valence-corrected chi connectivity index (χ1v) is 6.54. The second-order valence-electron chi connectivity index (χ2n) is 4.67. The van der Waals surface area contributed by atoms with Crippen LogP contribution in [-0.4, -0.2) is 49.9 Å². The van der Waals surface area contributed by atoms with Gasteiger partial charge in [-0.25, -0.2) is 4.79 Å². The number of aromatic nitrogens is 1. The van der Waals surface area contributed by atoms with E-state index in [2.05, 4.69) is 9.88 Å². The van der Waals surface area contributed by atoms with E-state index in [1.807, 2.05) is 6.07 Å². The quantitative estimate of drug-likeness (QED) is 0.787. The monoisotopic (exact) mass is 267 g/mol. The van der Waals surface area contributed by atoms with Crippen LogP contribution in [0.2, 0.25) is 0 Å². The van der Waals surface area contributed by atoms with Gasteiger partial charge >= 0.3 is 5.97 Å². The second kappa shape index (κ2) is 6.08. The van der Waals surface area contributed by atoms with E-state index in [0.29, 0.717) is 12.2 Å². The first-order valence-electron chi connectivity index (χ1n) is 6.54. The summed E-state index contributed by atoms with van der Waals surface area (Å²) in [4.78, 5) is 16.9. The van der Waals surface area contributed by atoms with Gasteiger partial charge in [0.15, 0.2) is 0 Å². The van der Waals surface area contributed by atoms with E-state index in [1.165, 1.54) is 0 Å². The lowest BCUT2D eigenvalue weighted by Crippen LogP contribution is -2.51. The number of esters is 1. The Labute approximate surface area is 112 Å². The molecule has 106 valence electrons. The summed E-state index contributed by atoms with van der Waals surface area (Å²) >= 11 is 0. The number of rotatable bonds is 4. The van der Waals surface area contributed by atoms with Gasteiger partial charge in [0.2, 0.25) is 0 Å². The van der Waals surface area contributed by atoms with Gasteiger partial charge in [0.05, 0.1) is 18.3 Å². The molecule has 0 bridgehead atoms. The number of H-pyrrole nitrogens is 1. The Morgan fingerprint density at radius 3 is 3.11 bits per heavy atom. The Bertz CT molecular complexity index is 433. The zero-order valence-corrected chi connectivity index (χ0v) is 11.4. The van der Waals surface area contributed by atoms with Crippen LogP contribution in [0, 0.1) is 0 Å². The number of nitrogens with zero attached hydrogens (tertiary/aromatic N) is 1. The number of carbonyl (C=O) groups is 1. The van der Waals surface area contributed by atoms with Gasteiger partial charge < -0.3 is 25.1 Å². The third kappa shape index (κ3) is 3.08. The molecule has 1 fully saturated rings. The molecule has 0 aromatic carbocycles. The maximum absolute atomic E-state index is 11.6. The van der Waals surface area contributed by atoms with Crippen LogP contribution in [0.4, 0.5) is 5.82 Å². The fraction of sp³-hybridized carbons (Fsp3) is 0.615. The molecule has 1 aromatic rings. The normalized spacial score (nSPS) is 23.4. The van der Waals surface area contributed by atoms with Crippen LogP contribution in [0.3, 0.4) is 0 Å². The van der Waals surface area contributed by atoms with Crippen LogP contribution in [0.25, 0.3) is 0 Å². The summed E-state index contributed by atoms with van der Waals surface area (Å²) in [6.07, 6.45) is 2.55. The molecule has 6 heteroatoms. The van der Waals surface area contributed by atoms with Crippen LogP contribution in [0.15, 0.2) is 12.3 Å². The van der Waals surface area contributed by atoms with E-state index >= 15 is 0 Å². The third-order valence-corrected chi connectivity index (χ3v) is 3.43. The van der Waals surface area contributed by atoms with Crippen molar-refractivity contribution in [2.24, 2.45) is 5.73 Å². The molecule has 1 saturated heterocycles. The molecule has 2 atom stereocenters. The lowest BCUT2D eigenvalue weighted by atomic mass is 10.0. The number of nitrogens with one attached hydrogen (secondary N) is 1. The number of methoxy groups -OCH3 is 1. The Morgan fingerprint density at radius 2 is 2.42 bits per heavy atom. The van der Waals surface area contributed by atoms with E-state index in [4.69, 9.17) is 15.2 Å². The highest BCUT2D eigenvalue weighted by Crippen LogP contribution is 2.21. The first kappa shape index (κ1) is 13.9. The molecule has 1 aliphatic heterocycles. The minimum Gasteiger partial charge on any atom is -0.462 e. The van der Waals surface area contributed by atoms with E-state index in [9.17, 15) is 4.79 Å². The number of ether oxygens (including phenoxy) is 2. The summed E-state index contributed by atoms with van der Waals surface area (Å²) in [5, 5.41) is 0. The fourth-order valence-electron chi connectivity index (χ4n) is 2.30. The average molecular weight is 267 g/mol. The summed E-state index contributed by atoms with van der Waals surface area (Å²) in [6.45, 7) is 3.74. The van der Waals surface area contributed by atoms with Gasteiger partial charge in [0.1, 0.15) is 5.82 Å². The van der Waals surface area contributed by atoms with Crippen molar-refractivity contribution in [2.75, 3.05) is 31.7 Å². The minimum atomic E-state index is -0.304. The zero-order chi connectivity index (χ0) is 13.8. The van der Waals surface area contributed by atoms with Gasteiger partial charge in [-0.15, -0.1) is 0 Å². The molecule has 3 N–H and O–H groups in total. The number of aromatic amines is 1. The molecule has 19 heavy (non-hydrogen) atoms. The summed E-state index contributed by atoms with van der Waals surface area (Å²) in [5.74, 6) is 0.596. The molecule has 0 spiro atoms.